The van der Waals surface area contributed by atoms with Crippen molar-refractivity contribution < 1.29 is 19.4 Å². The van der Waals surface area contributed by atoms with E-state index in [2.05, 4.69) is 5.32 Å². The Morgan fingerprint density at radius 3 is 2.78 bits per heavy atom. The molecular formula is C12H14ClNO4. The van der Waals surface area contributed by atoms with Gasteiger partial charge in [-0.2, -0.15) is 0 Å². The third-order valence-electron chi connectivity index (χ3n) is 2.18. The molecule has 18 heavy (non-hydrogen) atoms. The quantitative estimate of drug-likeness (QED) is 0.818. The van der Waals surface area contributed by atoms with Gasteiger partial charge in [0.2, 0.25) is 0 Å². The van der Waals surface area contributed by atoms with Gasteiger partial charge in [0.15, 0.2) is 6.10 Å². The maximum atomic E-state index is 11.7. The zero-order valence-electron chi connectivity index (χ0n) is 10.1. The van der Waals surface area contributed by atoms with Crippen molar-refractivity contribution in [2.24, 2.45) is 0 Å². The first-order valence-electron chi connectivity index (χ1n) is 5.43. The zero-order chi connectivity index (χ0) is 13.7. The summed E-state index contributed by atoms with van der Waals surface area (Å²) in [6.45, 7) is 3.66. The van der Waals surface area contributed by atoms with Crippen LogP contribution < -0.4 is 5.32 Å². The van der Waals surface area contributed by atoms with Gasteiger partial charge in [0, 0.05) is 11.6 Å². The topological polar surface area (TPSA) is 75.6 Å². The summed E-state index contributed by atoms with van der Waals surface area (Å²) in [5.41, 5.74) is -0.0707. The number of likely N-dealkylation sites (N-methyl/N-ethyl adjacent to an activating group) is 1. The number of nitrogens with one attached hydrogen (secondary N) is 1. The molecule has 1 rings (SSSR count). The first-order valence-corrected chi connectivity index (χ1v) is 5.80. The third kappa shape index (κ3) is 3.63. The molecule has 5 nitrogen and oxygen atoms in total. The number of aromatic hydroxyl groups is 1. The van der Waals surface area contributed by atoms with Crippen LogP contribution in [0.1, 0.15) is 24.2 Å². The van der Waals surface area contributed by atoms with E-state index in [1.807, 2.05) is 0 Å². The number of ether oxygens (including phenoxy) is 1. The Balaban J connectivity index is 2.76. The van der Waals surface area contributed by atoms with Gasteiger partial charge in [-0.05, 0) is 32.0 Å². The van der Waals surface area contributed by atoms with Crippen LogP contribution >= 0.6 is 11.6 Å². The van der Waals surface area contributed by atoms with Gasteiger partial charge in [-0.15, -0.1) is 0 Å². The maximum absolute atomic E-state index is 11.7. The van der Waals surface area contributed by atoms with E-state index in [-0.39, 0.29) is 11.3 Å². The SMILES string of the molecule is CCNC(=O)C(C)OC(=O)c1cc(Cl)ccc1O. The second-order valence-corrected chi connectivity index (χ2v) is 4.04. The summed E-state index contributed by atoms with van der Waals surface area (Å²) < 4.78 is 4.92. The first kappa shape index (κ1) is 14.3. The van der Waals surface area contributed by atoms with Crippen LogP contribution in [-0.4, -0.2) is 29.6 Å². The van der Waals surface area contributed by atoms with Gasteiger partial charge in [-0.25, -0.2) is 4.79 Å². The summed E-state index contributed by atoms with van der Waals surface area (Å²) >= 11 is 5.71. The van der Waals surface area contributed by atoms with Gasteiger partial charge in [0.1, 0.15) is 11.3 Å². The zero-order valence-corrected chi connectivity index (χ0v) is 10.8. The maximum Gasteiger partial charge on any atom is 0.342 e. The average molecular weight is 272 g/mol. The number of carbonyl (C=O) groups is 2. The molecular weight excluding hydrogens is 258 g/mol. The van der Waals surface area contributed by atoms with Crippen molar-refractivity contribution in [3.8, 4) is 5.75 Å². The molecule has 1 amide bonds. The molecule has 0 aromatic heterocycles. The Kier molecular flexibility index (Phi) is 4.97. The number of esters is 1. The van der Waals surface area contributed by atoms with Crippen LogP contribution in [0.2, 0.25) is 5.02 Å². The summed E-state index contributed by atoms with van der Waals surface area (Å²) in [5.74, 6) is -1.44. The lowest BCUT2D eigenvalue weighted by Crippen LogP contribution is -2.35. The first-order chi connectivity index (χ1) is 8.45. The molecule has 0 aliphatic rings. The molecule has 1 unspecified atom stereocenters. The molecule has 0 saturated heterocycles. The standard InChI is InChI=1S/C12H14ClNO4/c1-3-14-11(16)7(2)18-12(17)9-6-8(13)4-5-10(9)15/h4-7,15H,3H2,1-2H3,(H,14,16). The molecule has 2 N–H and O–H groups in total. The van der Waals surface area contributed by atoms with Crippen LogP contribution in [0, 0.1) is 0 Å². The Bertz CT molecular complexity index is 461. The monoisotopic (exact) mass is 271 g/mol. The molecule has 98 valence electrons. The Morgan fingerprint density at radius 2 is 2.17 bits per heavy atom. The lowest BCUT2D eigenvalue weighted by Gasteiger charge is -2.13. The van der Waals surface area contributed by atoms with Crippen molar-refractivity contribution >= 4 is 23.5 Å². The molecule has 0 heterocycles. The van der Waals surface area contributed by atoms with Crippen molar-refractivity contribution in [2.45, 2.75) is 20.0 Å². The fraction of sp³-hybridized carbons (Fsp3) is 0.333. The van der Waals surface area contributed by atoms with E-state index < -0.39 is 18.0 Å². The van der Waals surface area contributed by atoms with Gasteiger partial charge in [0.25, 0.3) is 5.91 Å². The van der Waals surface area contributed by atoms with Crippen molar-refractivity contribution in [2.75, 3.05) is 6.54 Å². The number of halogens is 1. The van der Waals surface area contributed by atoms with Crippen LogP contribution in [0.15, 0.2) is 18.2 Å². The van der Waals surface area contributed by atoms with Gasteiger partial charge >= 0.3 is 5.97 Å². The molecule has 0 saturated carbocycles. The number of hydrogen-bond acceptors (Lipinski definition) is 4. The van der Waals surface area contributed by atoms with E-state index in [0.29, 0.717) is 11.6 Å². The van der Waals surface area contributed by atoms with E-state index in [0.717, 1.165) is 0 Å². The van der Waals surface area contributed by atoms with Crippen molar-refractivity contribution in [1.82, 2.24) is 5.32 Å². The van der Waals surface area contributed by atoms with Crippen LogP contribution in [0.5, 0.6) is 5.75 Å². The molecule has 0 spiro atoms. The van der Waals surface area contributed by atoms with Crippen molar-refractivity contribution in [1.29, 1.82) is 0 Å². The van der Waals surface area contributed by atoms with E-state index in [1.54, 1.807) is 6.92 Å². The second-order valence-electron chi connectivity index (χ2n) is 3.60. The minimum Gasteiger partial charge on any atom is -0.507 e. The lowest BCUT2D eigenvalue weighted by atomic mass is 10.2. The third-order valence-corrected chi connectivity index (χ3v) is 2.42. The Labute approximate surface area is 110 Å². The fourth-order valence-electron chi connectivity index (χ4n) is 1.27. The molecule has 0 aliphatic heterocycles. The van der Waals surface area contributed by atoms with Gasteiger partial charge in [-0.1, -0.05) is 11.6 Å². The predicted molar refractivity (Wildman–Crippen MR) is 66.7 cm³/mol. The van der Waals surface area contributed by atoms with Gasteiger partial charge < -0.3 is 15.2 Å². The predicted octanol–water partition coefficient (Wildman–Crippen LogP) is 1.73. The molecule has 0 fully saturated rings. The average Bonchev–Trinajstić information content (AvgIpc) is 2.32. The van der Waals surface area contributed by atoms with Gasteiger partial charge in [-0.3, -0.25) is 4.79 Å². The van der Waals surface area contributed by atoms with Crippen LogP contribution in [0.25, 0.3) is 0 Å². The number of benzene rings is 1. The minimum atomic E-state index is -0.934. The highest BCUT2D eigenvalue weighted by Crippen LogP contribution is 2.22. The fourth-order valence-corrected chi connectivity index (χ4v) is 1.44. The van der Waals surface area contributed by atoms with Crippen LogP contribution in [-0.2, 0) is 9.53 Å². The smallest absolute Gasteiger partial charge is 0.342 e. The van der Waals surface area contributed by atoms with Crippen LogP contribution in [0.4, 0.5) is 0 Å². The second kappa shape index (κ2) is 6.26. The molecule has 1 aromatic carbocycles. The van der Waals surface area contributed by atoms with E-state index in [1.165, 1.54) is 25.1 Å². The number of phenols is 1. The molecule has 6 heteroatoms. The molecule has 0 bridgehead atoms. The number of phenolic OH excluding ortho intramolecular Hbond substituents is 1. The highest BCUT2D eigenvalue weighted by Gasteiger charge is 2.20. The van der Waals surface area contributed by atoms with Crippen LogP contribution in [0.3, 0.4) is 0 Å². The number of carbonyl (C=O) groups excluding carboxylic acids is 2. The van der Waals surface area contributed by atoms with Gasteiger partial charge in [0.05, 0.1) is 0 Å². The molecule has 1 aromatic rings. The number of rotatable bonds is 4. The minimum absolute atomic E-state index is 0.0707. The normalized spacial score (nSPS) is 11.7. The Hall–Kier alpha value is -1.75. The Morgan fingerprint density at radius 1 is 1.50 bits per heavy atom. The number of amides is 1. The van der Waals surface area contributed by atoms with Crippen molar-refractivity contribution in [3.05, 3.63) is 28.8 Å². The molecule has 0 aliphatic carbocycles. The molecule has 0 radical (unpaired) electrons. The summed E-state index contributed by atoms with van der Waals surface area (Å²) in [6, 6.07) is 4.01. The summed E-state index contributed by atoms with van der Waals surface area (Å²) in [4.78, 5) is 23.1. The molecule has 1 atom stereocenters. The largest absolute Gasteiger partial charge is 0.507 e. The number of hydrogen-bond donors (Lipinski definition) is 2. The summed E-state index contributed by atoms with van der Waals surface area (Å²) in [7, 11) is 0. The highest BCUT2D eigenvalue weighted by molar-refractivity contribution is 6.31. The highest BCUT2D eigenvalue weighted by atomic mass is 35.5. The summed E-state index contributed by atoms with van der Waals surface area (Å²) in [5, 5.41) is 12.3. The van der Waals surface area contributed by atoms with E-state index in [9.17, 15) is 14.7 Å². The summed E-state index contributed by atoms with van der Waals surface area (Å²) in [6.07, 6.45) is -0.934. The van der Waals surface area contributed by atoms with E-state index >= 15 is 0 Å². The lowest BCUT2D eigenvalue weighted by molar-refractivity contribution is -0.128. The van der Waals surface area contributed by atoms with E-state index in [4.69, 9.17) is 16.3 Å². The van der Waals surface area contributed by atoms with Crippen molar-refractivity contribution in [3.63, 3.8) is 0 Å².